The number of nitrogens with one attached hydrogen (secondary N) is 2. The third kappa shape index (κ3) is 10.5. The number of benzene rings is 2. The van der Waals surface area contributed by atoms with Crippen molar-refractivity contribution in [1.82, 2.24) is 25.2 Å². The Hall–Kier alpha value is -3.93. The van der Waals surface area contributed by atoms with Gasteiger partial charge in [0.15, 0.2) is 6.61 Å². The molecule has 42 heavy (non-hydrogen) atoms. The molecule has 4 aliphatic heterocycles. The quantitative estimate of drug-likeness (QED) is 0.447. The Morgan fingerprint density at radius 2 is 1.67 bits per heavy atom. The van der Waals surface area contributed by atoms with Gasteiger partial charge >= 0.3 is 12.2 Å². The lowest BCUT2D eigenvalue weighted by atomic mass is 10.1. The Balaban J connectivity index is 1.53. The molecule has 0 saturated carbocycles. The van der Waals surface area contributed by atoms with E-state index in [2.05, 4.69) is 44.3 Å². The van der Waals surface area contributed by atoms with Crippen molar-refractivity contribution in [3.8, 4) is 11.8 Å². The molecule has 4 aliphatic rings. The van der Waals surface area contributed by atoms with E-state index in [1.165, 1.54) is 0 Å². The number of alkyl halides is 3. The molecule has 2 N–H and O–H groups in total. The summed E-state index contributed by atoms with van der Waals surface area (Å²) in [6, 6.07) is 14.1. The van der Waals surface area contributed by atoms with Crippen molar-refractivity contribution >= 4 is 11.9 Å². The number of hydrogen-bond donors (Lipinski definition) is 2. The highest BCUT2D eigenvalue weighted by Gasteiger charge is 2.29. The maximum absolute atomic E-state index is 12.8. The summed E-state index contributed by atoms with van der Waals surface area (Å²) in [7, 11) is 0. The van der Waals surface area contributed by atoms with Crippen molar-refractivity contribution in [1.29, 1.82) is 0 Å². The van der Waals surface area contributed by atoms with Crippen molar-refractivity contribution in [3.63, 3.8) is 0 Å². The van der Waals surface area contributed by atoms with E-state index >= 15 is 0 Å². The fourth-order valence-electron chi connectivity index (χ4n) is 4.50. The number of hydrogen-bond acceptors (Lipinski definition) is 8. The molecule has 0 atom stereocenters. The average molecular weight is 587 g/mol. The second-order valence-electron chi connectivity index (χ2n) is 10.6. The van der Waals surface area contributed by atoms with Gasteiger partial charge in [-0.2, -0.15) is 28.1 Å². The predicted molar refractivity (Wildman–Crippen MR) is 153 cm³/mol. The molecule has 3 aromatic rings. The fourth-order valence-corrected chi connectivity index (χ4v) is 4.50. The van der Waals surface area contributed by atoms with Gasteiger partial charge in [-0.1, -0.05) is 38.1 Å². The molecular weight excluding hydrogens is 549 g/mol. The maximum atomic E-state index is 12.8. The summed E-state index contributed by atoms with van der Waals surface area (Å²) in [5.41, 5.74) is 2.20. The van der Waals surface area contributed by atoms with E-state index in [1.807, 2.05) is 24.3 Å². The van der Waals surface area contributed by atoms with Crippen LogP contribution in [0.4, 0.5) is 19.1 Å². The number of anilines is 1. The molecule has 0 aliphatic carbocycles. The van der Waals surface area contributed by atoms with Crippen LogP contribution in [0.25, 0.3) is 0 Å². The second-order valence-corrected chi connectivity index (χ2v) is 10.6. The van der Waals surface area contributed by atoms with E-state index in [4.69, 9.17) is 9.47 Å². The third-order valence-electron chi connectivity index (χ3n) is 6.43. The van der Waals surface area contributed by atoms with E-state index in [1.54, 1.807) is 24.3 Å². The van der Waals surface area contributed by atoms with Gasteiger partial charge in [-0.05, 0) is 60.7 Å². The number of ether oxygens (including phenoxy) is 2. The monoisotopic (exact) mass is 586 g/mol. The molecule has 0 fully saturated rings. The molecule has 12 heteroatoms. The Bertz CT molecular complexity index is 1290. The molecule has 226 valence electrons. The summed E-state index contributed by atoms with van der Waals surface area (Å²) in [5, 5.41) is 6.03. The average Bonchev–Trinajstić information content (AvgIpc) is 2.95. The van der Waals surface area contributed by atoms with Crippen molar-refractivity contribution in [2.75, 3.05) is 44.7 Å². The molecule has 1 amide bonds. The molecule has 5 heterocycles. The first kappa shape index (κ1) is 31.0. The molecule has 6 bridgehead atoms. The highest BCUT2D eigenvalue weighted by Crippen LogP contribution is 2.19. The van der Waals surface area contributed by atoms with E-state index in [-0.39, 0.29) is 24.1 Å². The topological polar surface area (TPSA) is 102 Å². The zero-order chi connectivity index (χ0) is 30.0. The van der Waals surface area contributed by atoms with Gasteiger partial charge < -0.3 is 25.0 Å². The number of nitrogens with zero attached hydrogens (tertiary/aromatic N) is 4. The lowest BCUT2D eigenvalue weighted by Gasteiger charge is -2.24. The SMILES string of the molecule is CC(C)CN1CCCNC(=O)c2ccc(cc2)Cc2nc(nc(OCC(F)(F)F)n2)NCc2ccc(cc2)OCCC1. The van der Waals surface area contributed by atoms with Gasteiger partial charge in [0, 0.05) is 38.2 Å². The summed E-state index contributed by atoms with van der Waals surface area (Å²) in [5.74, 6) is 1.44. The van der Waals surface area contributed by atoms with Gasteiger partial charge in [-0.15, -0.1) is 0 Å². The van der Waals surface area contributed by atoms with Crippen LogP contribution in [-0.4, -0.2) is 71.3 Å². The minimum Gasteiger partial charge on any atom is -0.494 e. The van der Waals surface area contributed by atoms with Crippen LogP contribution in [-0.2, 0) is 13.0 Å². The van der Waals surface area contributed by atoms with Gasteiger partial charge in [-0.25, -0.2) is 0 Å². The first-order valence-corrected chi connectivity index (χ1v) is 14.1. The second kappa shape index (κ2) is 14.8. The first-order chi connectivity index (χ1) is 20.1. The first-order valence-electron chi connectivity index (χ1n) is 14.1. The Morgan fingerprint density at radius 1 is 0.952 bits per heavy atom. The number of aromatic nitrogens is 3. The number of rotatable bonds is 4. The van der Waals surface area contributed by atoms with Crippen LogP contribution in [0.15, 0.2) is 48.5 Å². The third-order valence-corrected chi connectivity index (χ3v) is 6.43. The van der Waals surface area contributed by atoms with Crippen LogP contribution in [0, 0.1) is 5.92 Å². The van der Waals surface area contributed by atoms with Crippen molar-refractivity contribution in [2.24, 2.45) is 5.92 Å². The summed E-state index contributed by atoms with van der Waals surface area (Å²) in [6.07, 6.45) is -2.63. The fraction of sp³-hybridized carbons (Fsp3) is 0.467. The molecule has 7 rings (SSSR count). The van der Waals surface area contributed by atoms with Crippen LogP contribution < -0.4 is 20.1 Å². The maximum Gasteiger partial charge on any atom is 0.422 e. The summed E-state index contributed by atoms with van der Waals surface area (Å²) in [4.78, 5) is 27.6. The van der Waals surface area contributed by atoms with Gasteiger partial charge in [0.1, 0.15) is 11.6 Å². The van der Waals surface area contributed by atoms with Gasteiger partial charge in [-0.3, -0.25) is 4.79 Å². The van der Waals surface area contributed by atoms with Crippen LogP contribution >= 0.6 is 0 Å². The molecule has 0 unspecified atom stereocenters. The Morgan fingerprint density at radius 3 is 2.38 bits per heavy atom. The number of halogens is 3. The highest BCUT2D eigenvalue weighted by molar-refractivity contribution is 5.94. The van der Waals surface area contributed by atoms with E-state index in [0.717, 1.165) is 49.4 Å². The predicted octanol–water partition coefficient (Wildman–Crippen LogP) is 4.88. The Labute approximate surface area is 243 Å². The van der Waals surface area contributed by atoms with Gasteiger partial charge in [0.25, 0.3) is 5.91 Å². The molecule has 1 aromatic heterocycles. The lowest BCUT2D eigenvalue weighted by Crippen LogP contribution is -2.33. The molecule has 0 saturated heterocycles. The van der Waals surface area contributed by atoms with E-state index in [9.17, 15) is 18.0 Å². The van der Waals surface area contributed by atoms with E-state index < -0.39 is 18.8 Å². The van der Waals surface area contributed by atoms with Gasteiger partial charge in [0.2, 0.25) is 5.95 Å². The number of carbonyl (C=O) groups excluding carboxylic acids is 1. The summed E-state index contributed by atoms with van der Waals surface area (Å²) in [6.45, 7) is 7.10. The zero-order valence-corrected chi connectivity index (χ0v) is 23.9. The number of carbonyl (C=O) groups is 1. The van der Waals surface area contributed by atoms with Crippen molar-refractivity contribution in [3.05, 3.63) is 71.0 Å². The minimum absolute atomic E-state index is 0.0916. The summed E-state index contributed by atoms with van der Waals surface area (Å²) < 4.78 is 49.1. The number of amides is 1. The van der Waals surface area contributed by atoms with Crippen LogP contribution in [0.3, 0.4) is 0 Å². The van der Waals surface area contributed by atoms with Crippen molar-refractivity contribution < 1.29 is 27.4 Å². The minimum atomic E-state index is -4.54. The van der Waals surface area contributed by atoms with E-state index in [0.29, 0.717) is 31.2 Å². The summed E-state index contributed by atoms with van der Waals surface area (Å²) >= 11 is 0. The van der Waals surface area contributed by atoms with Crippen LogP contribution in [0.5, 0.6) is 11.8 Å². The normalized spacial score (nSPS) is 15.9. The largest absolute Gasteiger partial charge is 0.494 e. The lowest BCUT2D eigenvalue weighted by molar-refractivity contribution is -0.154. The standard InChI is InChI=1S/C30H37F3N6O3/c1-21(2)19-39-14-3-13-34-27(40)24-9-5-22(6-10-24)17-26-36-28(38-29(37-26)42-20-30(31,32)33)35-18-23-7-11-25(12-8-23)41-16-4-15-39/h5-12,21H,3-4,13-20H2,1-2H3,(H,34,40)(H,35,36,37,38). The van der Waals surface area contributed by atoms with Gasteiger partial charge in [0.05, 0.1) is 6.61 Å². The molecule has 9 nitrogen and oxygen atoms in total. The smallest absolute Gasteiger partial charge is 0.422 e. The Kier molecular flexibility index (Phi) is 10.9. The molecular formula is C30H37F3N6O3. The van der Waals surface area contributed by atoms with Crippen LogP contribution in [0.2, 0.25) is 0 Å². The zero-order valence-electron chi connectivity index (χ0n) is 23.9. The molecule has 0 radical (unpaired) electrons. The molecule has 0 spiro atoms. The van der Waals surface area contributed by atoms with Crippen LogP contribution in [0.1, 0.15) is 54.0 Å². The highest BCUT2D eigenvalue weighted by atomic mass is 19.4. The molecule has 2 aromatic carbocycles. The van der Waals surface area contributed by atoms with Crippen molar-refractivity contribution in [2.45, 2.75) is 45.8 Å².